The van der Waals surface area contributed by atoms with Gasteiger partial charge in [-0.15, -0.1) is 0 Å². The number of hydrogen-bond donors (Lipinski definition) is 1. The van der Waals surface area contributed by atoms with E-state index in [1.165, 1.54) is 29.3 Å². The van der Waals surface area contributed by atoms with Crippen molar-refractivity contribution >= 4 is 33.5 Å². The highest BCUT2D eigenvalue weighted by Gasteiger charge is 2.39. The van der Waals surface area contributed by atoms with Gasteiger partial charge in [0.05, 0.1) is 16.8 Å². The Balaban J connectivity index is 1.11. The Morgan fingerprint density at radius 1 is 1.07 bits per heavy atom. The lowest BCUT2D eigenvalue weighted by molar-refractivity contribution is 0.180. The molecule has 1 saturated carbocycles. The van der Waals surface area contributed by atoms with E-state index in [1.54, 1.807) is 11.5 Å². The van der Waals surface area contributed by atoms with Crippen molar-refractivity contribution in [2.45, 2.75) is 44.2 Å². The number of aromatic nitrogens is 1. The zero-order valence-corrected chi connectivity index (χ0v) is 17.2. The Morgan fingerprint density at radius 3 is 2.79 bits per heavy atom. The first-order valence-electron chi connectivity index (χ1n) is 10.7. The van der Waals surface area contributed by atoms with E-state index in [0.29, 0.717) is 12.1 Å². The summed E-state index contributed by atoms with van der Waals surface area (Å²) >= 11 is 1.60. The predicted molar refractivity (Wildman–Crippen MR) is 114 cm³/mol. The summed E-state index contributed by atoms with van der Waals surface area (Å²) in [5, 5.41) is 4.47. The third-order valence-corrected chi connectivity index (χ3v) is 7.42. The molecule has 0 radical (unpaired) electrons. The normalized spacial score (nSPS) is 25.9. The number of piperazine rings is 1. The second-order valence-electron chi connectivity index (χ2n) is 8.29. The molecule has 3 aliphatic rings. The van der Waals surface area contributed by atoms with E-state index in [1.807, 2.05) is 0 Å². The molecule has 2 saturated heterocycles. The minimum atomic E-state index is 0.164. The third kappa shape index (κ3) is 3.46. The molecular formula is C21H29N5OS. The Kier molecular flexibility index (Phi) is 5.11. The van der Waals surface area contributed by atoms with Crippen molar-refractivity contribution in [3.63, 3.8) is 0 Å². The molecule has 1 aliphatic carbocycles. The van der Waals surface area contributed by atoms with Crippen LogP contribution in [0.25, 0.3) is 10.1 Å². The van der Waals surface area contributed by atoms with E-state index in [4.69, 9.17) is 4.37 Å². The smallest absolute Gasteiger partial charge is 0.318 e. The molecule has 0 spiro atoms. The number of anilines is 1. The first-order chi connectivity index (χ1) is 13.8. The number of carbonyl (C=O) groups is 1. The van der Waals surface area contributed by atoms with Gasteiger partial charge >= 0.3 is 6.03 Å². The van der Waals surface area contributed by atoms with Crippen LogP contribution in [0.15, 0.2) is 24.3 Å². The fourth-order valence-corrected chi connectivity index (χ4v) is 5.86. The number of fused-ring (bicyclic) bond motifs is 2. The molecule has 6 nitrogen and oxygen atoms in total. The number of carbonyl (C=O) groups excluding carboxylic acids is 1. The van der Waals surface area contributed by atoms with Crippen LogP contribution in [0.4, 0.5) is 10.6 Å². The summed E-state index contributed by atoms with van der Waals surface area (Å²) in [6, 6.07) is 9.52. The maximum Gasteiger partial charge on any atom is 0.318 e. The zero-order valence-electron chi connectivity index (χ0n) is 16.3. The van der Waals surface area contributed by atoms with Gasteiger partial charge in [-0.05, 0) is 49.5 Å². The van der Waals surface area contributed by atoms with Crippen LogP contribution in [-0.4, -0.2) is 71.6 Å². The molecular weight excluding hydrogens is 370 g/mol. The van der Waals surface area contributed by atoms with Crippen molar-refractivity contribution in [1.29, 1.82) is 0 Å². The summed E-state index contributed by atoms with van der Waals surface area (Å²) in [7, 11) is 0. The van der Waals surface area contributed by atoms with Gasteiger partial charge in [-0.3, -0.25) is 4.90 Å². The molecule has 1 aromatic carbocycles. The average Bonchev–Trinajstić information content (AvgIpc) is 3.30. The van der Waals surface area contributed by atoms with Gasteiger partial charge in [0.25, 0.3) is 0 Å². The number of amides is 2. The molecule has 2 amide bonds. The first kappa shape index (κ1) is 18.2. The zero-order chi connectivity index (χ0) is 18.9. The molecule has 2 unspecified atom stereocenters. The topological polar surface area (TPSA) is 51.7 Å². The number of hydrogen-bond acceptors (Lipinski definition) is 5. The van der Waals surface area contributed by atoms with E-state index in [9.17, 15) is 4.79 Å². The van der Waals surface area contributed by atoms with Crippen molar-refractivity contribution in [3.05, 3.63) is 24.3 Å². The largest absolute Gasteiger partial charge is 0.353 e. The third-order valence-electron chi connectivity index (χ3n) is 6.60. The lowest BCUT2D eigenvalue weighted by Crippen LogP contribution is -2.47. The van der Waals surface area contributed by atoms with Crippen LogP contribution in [0.1, 0.15) is 32.1 Å². The van der Waals surface area contributed by atoms with Crippen molar-refractivity contribution in [2.75, 3.05) is 44.2 Å². The molecule has 2 aromatic rings. The summed E-state index contributed by atoms with van der Waals surface area (Å²) in [5.41, 5.74) is 0. The van der Waals surface area contributed by atoms with E-state index in [0.717, 1.165) is 57.9 Å². The highest BCUT2D eigenvalue weighted by Crippen LogP contribution is 2.30. The van der Waals surface area contributed by atoms with E-state index in [2.05, 4.69) is 44.3 Å². The summed E-state index contributed by atoms with van der Waals surface area (Å²) in [4.78, 5) is 19.4. The van der Waals surface area contributed by atoms with Crippen LogP contribution in [-0.2, 0) is 0 Å². The quantitative estimate of drug-likeness (QED) is 0.839. The van der Waals surface area contributed by atoms with Crippen molar-refractivity contribution in [2.24, 2.45) is 0 Å². The van der Waals surface area contributed by atoms with Crippen LogP contribution in [0.5, 0.6) is 0 Å². The van der Waals surface area contributed by atoms with Crippen molar-refractivity contribution < 1.29 is 4.79 Å². The van der Waals surface area contributed by atoms with Gasteiger partial charge < -0.3 is 15.1 Å². The molecule has 5 rings (SSSR count). The second kappa shape index (κ2) is 7.87. The molecule has 2 atom stereocenters. The van der Waals surface area contributed by atoms with Crippen LogP contribution in [0.2, 0.25) is 0 Å². The van der Waals surface area contributed by atoms with Gasteiger partial charge in [-0.2, -0.15) is 4.37 Å². The van der Waals surface area contributed by atoms with Crippen LogP contribution >= 0.6 is 11.5 Å². The maximum atomic E-state index is 12.3. The van der Waals surface area contributed by atoms with Gasteiger partial charge in [0, 0.05) is 38.1 Å². The van der Waals surface area contributed by atoms with Crippen LogP contribution in [0, 0.1) is 0 Å². The summed E-state index contributed by atoms with van der Waals surface area (Å²) in [6.45, 7) is 6.18. The molecule has 1 aromatic heterocycles. The van der Waals surface area contributed by atoms with E-state index < -0.39 is 0 Å². The highest BCUT2D eigenvalue weighted by atomic mass is 32.1. The Morgan fingerprint density at radius 2 is 1.89 bits per heavy atom. The fraction of sp³-hybridized carbons (Fsp3) is 0.619. The molecule has 3 fully saturated rings. The number of benzene rings is 1. The fourth-order valence-electron chi connectivity index (χ4n) is 5.06. The molecule has 150 valence electrons. The predicted octanol–water partition coefficient (Wildman–Crippen LogP) is 3.14. The number of rotatable bonds is 5. The van der Waals surface area contributed by atoms with Gasteiger partial charge in [-0.25, -0.2) is 4.79 Å². The van der Waals surface area contributed by atoms with Crippen LogP contribution in [0.3, 0.4) is 0 Å². The average molecular weight is 400 g/mol. The van der Waals surface area contributed by atoms with Gasteiger partial charge in [-0.1, -0.05) is 25.0 Å². The molecule has 2 aliphatic heterocycles. The molecule has 3 heterocycles. The maximum absolute atomic E-state index is 12.3. The molecule has 7 heteroatoms. The molecule has 28 heavy (non-hydrogen) atoms. The second-order valence-corrected chi connectivity index (χ2v) is 9.09. The molecule has 1 N–H and O–H groups in total. The molecule has 0 bridgehead atoms. The summed E-state index contributed by atoms with van der Waals surface area (Å²) < 4.78 is 5.97. The monoisotopic (exact) mass is 399 g/mol. The lowest BCUT2D eigenvalue weighted by Gasteiger charge is -2.35. The van der Waals surface area contributed by atoms with Crippen molar-refractivity contribution in [3.8, 4) is 0 Å². The van der Waals surface area contributed by atoms with Crippen LogP contribution < -0.4 is 10.2 Å². The highest BCUT2D eigenvalue weighted by molar-refractivity contribution is 7.13. The Labute approximate surface area is 170 Å². The van der Waals surface area contributed by atoms with Gasteiger partial charge in [0.1, 0.15) is 5.82 Å². The number of urea groups is 1. The minimum Gasteiger partial charge on any atom is -0.353 e. The van der Waals surface area contributed by atoms with Gasteiger partial charge in [0.15, 0.2) is 0 Å². The van der Waals surface area contributed by atoms with E-state index in [-0.39, 0.29) is 6.03 Å². The Hall–Kier alpha value is -1.86. The first-order valence-corrected chi connectivity index (χ1v) is 11.5. The van der Waals surface area contributed by atoms with E-state index >= 15 is 0 Å². The SMILES string of the molecule is O=C1NC2CCCCC2N1CCCN1CCN(c2nsc3ccccc23)CC1. The summed E-state index contributed by atoms with van der Waals surface area (Å²) in [5.74, 6) is 1.15. The summed E-state index contributed by atoms with van der Waals surface area (Å²) in [6.07, 6.45) is 5.91. The Bertz CT molecular complexity index is 831. The number of nitrogens with one attached hydrogen (secondary N) is 1. The number of nitrogens with zero attached hydrogens (tertiary/aromatic N) is 4. The lowest BCUT2D eigenvalue weighted by atomic mass is 9.91. The van der Waals surface area contributed by atoms with Gasteiger partial charge in [0.2, 0.25) is 0 Å². The minimum absolute atomic E-state index is 0.164. The van der Waals surface area contributed by atoms with Crippen molar-refractivity contribution in [1.82, 2.24) is 19.5 Å². The standard InChI is InChI=1S/C21H29N5OS/c27-21-22-17-7-2-3-8-18(17)26(21)11-5-10-24-12-14-25(15-13-24)20-16-6-1-4-9-19(16)28-23-20/h1,4,6,9,17-18H,2-3,5,7-8,10-15H2,(H,22,27).